The summed E-state index contributed by atoms with van der Waals surface area (Å²) in [6.07, 6.45) is 2.11. The molecule has 0 spiro atoms. The van der Waals surface area contributed by atoms with Crippen LogP contribution in [0.3, 0.4) is 0 Å². The normalized spacial score (nSPS) is 16.3. The van der Waals surface area contributed by atoms with Crippen molar-refractivity contribution in [2.45, 2.75) is 51.4 Å². The van der Waals surface area contributed by atoms with Gasteiger partial charge in [-0.3, -0.25) is 0 Å². The first-order valence-electron chi connectivity index (χ1n) is 17.2. The third-order valence-corrected chi connectivity index (χ3v) is 8.91. The number of nitrogens with zero attached hydrogens (tertiary/aromatic N) is 3. The van der Waals surface area contributed by atoms with Gasteiger partial charge in [0.05, 0.1) is 5.48 Å². The molecule has 1 aliphatic rings. The van der Waals surface area contributed by atoms with Crippen molar-refractivity contribution in [3.8, 4) is 56.4 Å². The first-order valence-corrected chi connectivity index (χ1v) is 15.2. The van der Waals surface area contributed by atoms with E-state index in [4.69, 9.17) is 17.7 Å². The van der Waals surface area contributed by atoms with Crippen LogP contribution in [0.4, 0.5) is 0 Å². The Balaban J connectivity index is 1.38. The van der Waals surface area contributed by atoms with Gasteiger partial charge in [0.1, 0.15) is 0 Å². The molecule has 0 N–H and O–H groups in total. The zero-order valence-electron chi connectivity index (χ0n) is 29.6. The van der Waals surface area contributed by atoms with Crippen molar-refractivity contribution in [1.82, 2.24) is 15.0 Å². The second kappa shape index (κ2) is 11.0. The highest BCUT2D eigenvalue weighted by Gasteiger charge is 2.37. The second-order valence-corrected chi connectivity index (χ2v) is 12.9. The molecule has 7 rings (SSSR count). The summed E-state index contributed by atoms with van der Waals surface area (Å²) in [6.45, 7) is 8.99. The van der Waals surface area contributed by atoms with Gasteiger partial charge in [-0.05, 0) is 57.1 Å². The summed E-state index contributed by atoms with van der Waals surface area (Å²) < 4.78 is 36.7. The average Bonchev–Trinajstić information content (AvgIpc) is 3.10. The lowest BCUT2D eigenvalue weighted by molar-refractivity contribution is 0.332. The van der Waals surface area contributed by atoms with E-state index in [9.17, 15) is 2.74 Å². The summed E-state index contributed by atoms with van der Waals surface area (Å²) in [5, 5.41) is 0. The van der Waals surface area contributed by atoms with E-state index < -0.39 is 0 Å². The molecule has 0 aliphatic heterocycles. The van der Waals surface area contributed by atoms with E-state index in [1.54, 1.807) is 0 Å². The van der Waals surface area contributed by atoms with Crippen LogP contribution in [-0.2, 0) is 10.8 Å². The van der Waals surface area contributed by atoms with Gasteiger partial charge in [-0.2, -0.15) is 0 Å². The SMILES string of the molecule is [2H]c1c([2H])c(-c2nc(-c3ccccc3)nc(-c3ccc(-c4ccccc4)cc3)n2)c([2H])c([2H])c1-c1ccc2c(c1)C(C)(C)CCC2(C)C. The minimum atomic E-state index is -0.182. The number of hydrogen-bond acceptors (Lipinski definition) is 3. The third kappa shape index (κ3) is 5.35. The maximum absolute atomic E-state index is 9.17. The average molecular weight is 576 g/mol. The molecular weight excluding hydrogens is 534 g/mol. The largest absolute Gasteiger partial charge is 0.208 e. The fourth-order valence-corrected chi connectivity index (χ4v) is 6.09. The van der Waals surface area contributed by atoms with Gasteiger partial charge < -0.3 is 0 Å². The number of hydrogen-bond donors (Lipinski definition) is 0. The van der Waals surface area contributed by atoms with E-state index in [0.717, 1.165) is 35.1 Å². The molecule has 0 atom stereocenters. The fourth-order valence-electron chi connectivity index (χ4n) is 6.09. The van der Waals surface area contributed by atoms with Gasteiger partial charge in [-0.25, -0.2) is 15.0 Å². The molecule has 5 aromatic carbocycles. The molecule has 3 heteroatoms. The van der Waals surface area contributed by atoms with Crippen LogP contribution in [0.15, 0.2) is 127 Å². The summed E-state index contributed by atoms with van der Waals surface area (Å²) in [7, 11) is 0. The predicted molar refractivity (Wildman–Crippen MR) is 182 cm³/mol. The minimum absolute atomic E-state index is 0.0245. The highest BCUT2D eigenvalue weighted by Crippen LogP contribution is 2.46. The van der Waals surface area contributed by atoms with Crippen molar-refractivity contribution in [2.24, 2.45) is 0 Å². The van der Waals surface area contributed by atoms with E-state index in [0.29, 0.717) is 17.2 Å². The van der Waals surface area contributed by atoms with Gasteiger partial charge in [-0.15, -0.1) is 0 Å². The predicted octanol–water partition coefficient (Wildman–Crippen LogP) is 10.6. The lowest BCUT2D eigenvalue weighted by Gasteiger charge is -2.42. The molecule has 1 aromatic heterocycles. The van der Waals surface area contributed by atoms with Crippen LogP contribution in [-0.4, -0.2) is 15.0 Å². The van der Waals surface area contributed by atoms with E-state index in [1.165, 1.54) is 11.1 Å². The Bertz CT molecular complexity index is 2130. The lowest BCUT2D eigenvalue weighted by Crippen LogP contribution is -2.33. The Kier molecular flexibility index (Phi) is 5.88. The molecule has 44 heavy (non-hydrogen) atoms. The summed E-state index contributed by atoms with van der Waals surface area (Å²) in [5.74, 6) is 0.880. The van der Waals surface area contributed by atoms with Crippen LogP contribution in [0.2, 0.25) is 0 Å². The molecule has 6 aromatic rings. The van der Waals surface area contributed by atoms with Crippen molar-refractivity contribution in [1.29, 1.82) is 0 Å². The van der Waals surface area contributed by atoms with Crippen LogP contribution in [0.1, 0.15) is 57.1 Å². The van der Waals surface area contributed by atoms with Gasteiger partial charge in [0, 0.05) is 16.7 Å². The van der Waals surface area contributed by atoms with E-state index in [2.05, 4.69) is 52.0 Å². The second-order valence-electron chi connectivity index (χ2n) is 12.9. The van der Waals surface area contributed by atoms with Crippen molar-refractivity contribution >= 4 is 0 Å². The molecule has 0 saturated heterocycles. The summed E-state index contributed by atoms with van der Waals surface area (Å²) in [6, 6.07) is 33.1. The number of rotatable bonds is 5. The standard InChI is InChI=1S/C41H37N3/c1-40(2)25-26-41(3,4)36-27-34(23-24-35(36)40)30-17-21-33(22-18-30)39-43-37(31-13-9-6-10-14-31)42-38(44-39)32-19-15-29(16-20-32)28-11-7-5-8-12-28/h5-24,27H,25-26H2,1-4H3/i17D,18D,21D,22D. The third-order valence-electron chi connectivity index (χ3n) is 8.91. The Labute approximate surface area is 266 Å². The Hall–Kier alpha value is -4.89. The molecule has 0 saturated carbocycles. The number of aromatic nitrogens is 3. The zero-order chi connectivity index (χ0) is 33.8. The number of benzene rings is 5. The van der Waals surface area contributed by atoms with Gasteiger partial charge in [0.25, 0.3) is 0 Å². The van der Waals surface area contributed by atoms with Crippen molar-refractivity contribution in [3.05, 3.63) is 138 Å². The van der Waals surface area contributed by atoms with Crippen LogP contribution in [0.25, 0.3) is 56.4 Å². The topological polar surface area (TPSA) is 38.7 Å². The highest BCUT2D eigenvalue weighted by atomic mass is 15.0. The maximum atomic E-state index is 9.17. The van der Waals surface area contributed by atoms with E-state index in [1.807, 2.05) is 78.9 Å². The van der Waals surface area contributed by atoms with Crippen LogP contribution in [0, 0.1) is 0 Å². The Morgan fingerprint density at radius 2 is 0.841 bits per heavy atom. The van der Waals surface area contributed by atoms with Crippen LogP contribution in [0.5, 0.6) is 0 Å². The number of fused-ring (bicyclic) bond motifs is 1. The smallest absolute Gasteiger partial charge is 0.164 e. The summed E-state index contributed by atoms with van der Waals surface area (Å²) in [5.41, 5.74) is 7.12. The molecule has 0 fully saturated rings. The van der Waals surface area contributed by atoms with Crippen LogP contribution >= 0.6 is 0 Å². The summed E-state index contributed by atoms with van der Waals surface area (Å²) >= 11 is 0. The summed E-state index contributed by atoms with van der Waals surface area (Å²) in [4.78, 5) is 14.3. The minimum Gasteiger partial charge on any atom is -0.208 e. The molecule has 0 bridgehead atoms. The fraction of sp³-hybridized carbons (Fsp3) is 0.195. The van der Waals surface area contributed by atoms with Gasteiger partial charge in [0.15, 0.2) is 17.5 Å². The first-order chi connectivity index (χ1) is 22.9. The monoisotopic (exact) mass is 575 g/mol. The van der Waals surface area contributed by atoms with Gasteiger partial charge in [-0.1, -0.05) is 155 Å². The quantitative estimate of drug-likeness (QED) is 0.205. The van der Waals surface area contributed by atoms with Gasteiger partial charge >= 0.3 is 0 Å². The van der Waals surface area contributed by atoms with Crippen molar-refractivity contribution in [2.75, 3.05) is 0 Å². The molecule has 0 unspecified atom stereocenters. The maximum Gasteiger partial charge on any atom is 0.164 e. The molecule has 0 radical (unpaired) electrons. The highest BCUT2D eigenvalue weighted by molar-refractivity contribution is 5.73. The van der Waals surface area contributed by atoms with Crippen molar-refractivity contribution < 1.29 is 5.48 Å². The lowest BCUT2D eigenvalue weighted by atomic mass is 9.63. The molecule has 0 amide bonds. The molecule has 1 aliphatic carbocycles. The van der Waals surface area contributed by atoms with Crippen LogP contribution < -0.4 is 0 Å². The van der Waals surface area contributed by atoms with Crippen molar-refractivity contribution in [3.63, 3.8) is 0 Å². The van der Waals surface area contributed by atoms with E-state index >= 15 is 0 Å². The first kappa shape index (κ1) is 23.6. The molecule has 1 heterocycles. The Morgan fingerprint density at radius 3 is 1.43 bits per heavy atom. The molecule has 216 valence electrons. The Morgan fingerprint density at radius 1 is 0.432 bits per heavy atom. The zero-order valence-corrected chi connectivity index (χ0v) is 25.6. The molecule has 3 nitrogen and oxygen atoms in total. The van der Waals surface area contributed by atoms with Gasteiger partial charge in [0.2, 0.25) is 0 Å². The molecular formula is C41H37N3. The van der Waals surface area contributed by atoms with E-state index in [-0.39, 0.29) is 52.0 Å².